The normalized spacial score (nSPS) is 12.1. The lowest BCUT2D eigenvalue weighted by atomic mass is 10.1. The van der Waals surface area contributed by atoms with Crippen molar-refractivity contribution in [3.8, 4) is 6.07 Å². The molecule has 0 aliphatic carbocycles. The fourth-order valence-electron chi connectivity index (χ4n) is 1.46. The van der Waals surface area contributed by atoms with Crippen LogP contribution in [0.15, 0.2) is 24.3 Å². The fourth-order valence-corrected chi connectivity index (χ4v) is 1.46. The zero-order valence-corrected chi connectivity index (χ0v) is 9.61. The van der Waals surface area contributed by atoms with Gasteiger partial charge in [0.15, 0.2) is 0 Å². The average molecular weight is 218 g/mol. The van der Waals surface area contributed by atoms with Crippen molar-refractivity contribution in [2.75, 3.05) is 6.54 Å². The van der Waals surface area contributed by atoms with Crippen molar-refractivity contribution in [3.05, 3.63) is 35.4 Å². The van der Waals surface area contributed by atoms with E-state index in [1.54, 1.807) is 6.07 Å². The summed E-state index contributed by atoms with van der Waals surface area (Å²) in [6.45, 7) is 3.51. The van der Waals surface area contributed by atoms with Crippen molar-refractivity contribution in [1.82, 2.24) is 5.32 Å². The molecule has 3 nitrogen and oxygen atoms in total. The zero-order valence-electron chi connectivity index (χ0n) is 9.61. The van der Waals surface area contributed by atoms with E-state index in [1.807, 2.05) is 25.1 Å². The van der Waals surface area contributed by atoms with Crippen LogP contribution in [0.4, 0.5) is 0 Å². The van der Waals surface area contributed by atoms with Crippen molar-refractivity contribution in [1.29, 1.82) is 5.26 Å². The maximum Gasteiger partial charge on any atom is 0.0991 e. The molecule has 2 N–H and O–H groups in total. The number of aliphatic hydroxyl groups excluding tert-OH is 1. The van der Waals surface area contributed by atoms with Crippen molar-refractivity contribution < 1.29 is 5.11 Å². The van der Waals surface area contributed by atoms with Crippen LogP contribution in [0.25, 0.3) is 0 Å². The van der Waals surface area contributed by atoms with Gasteiger partial charge in [-0.05, 0) is 37.1 Å². The Labute approximate surface area is 96.7 Å². The summed E-state index contributed by atoms with van der Waals surface area (Å²) in [7, 11) is 0. The third kappa shape index (κ3) is 4.43. The van der Waals surface area contributed by atoms with Gasteiger partial charge in [0, 0.05) is 6.54 Å². The molecule has 0 aromatic heterocycles. The van der Waals surface area contributed by atoms with E-state index >= 15 is 0 Å². The summed E-state index contributed by atoms with van der Waals surface area (Å²) in [5.41, 5.74) is 1.79. The summed E-state index contributed by atoms with van der Waals surface area (Å²) in [5, 5.41) is 21.3. The number of hydrogen-bond donors (Lipinski definition) is 2. The Morgan fingerprint density at radius 1 is 1.50 bits per heavy atom. The lowest BCUT2D eigenvalue weighted by Gasteiger charge is -2.08. The van der Waals surface area contributed by atoms with Crippen LogP contribution in [0, 0.1) is 11.3 Å². The molecule has 86 valence electrons. The highest BCUT2D eigenvalue weighted by Crippen LogP contribution is 2.03. The van der Waals surface area contributed by atoms with Crippen LogP contribution >= 0.6 is 0 Å². The lowest BCUT2D eigenvalue weighted by molar-refractivity contribution is 0.159. The second-order valence-electron chi connectivity index (χ2n) is 3.84. The molecule has 0 fully saturated rings. The highest BCUT2D eigenvalue weighted by Gasteiger charge is 1.99. The first-order valence-electron chi connectivity index (χ1n) is 5.64. The summed E-state index contributed by atoms with van der Waals surface area (Å²) in [4.78, 5) is 0. The number of rotatable bonds is 6. The van der Waals surface area contributed by atoms with Gasteiger partial charge in [-0.15, -0.1) is 0 Å². The van der Waals surface area contributed by atoms with Gasteiger partial charge in [0.25, 0.3) is 0 Å². The molecule has 0 spiro atoms. The molecular formula is C13H18N2O. The van der Waals surface area contributed by atoms with Gasteiger partial charge < -0.3 is 10.4 Å². The Kier molecular flexibility index (Phi) is 5.55. The number of nitrogens with zero attached hydrogens (tertiary/aromatic N) is 1. The van der Waals surface area contributed by atoms with Crippen LogP contribution in [0.1, 0.15) is 30.9 Å². The van der Waals surface area contributed by atoms with E-state index in [-0.39, 0.29) is 6.10 Å². The third-order valence-electron chi connectivity index (χ3n) is 2.51. The van der Waals surface area contributed by atoms with Crippen molar-refractivity contribution >= 4 is 0 Å². The Morgan fingerprint density at radius 3 is 3.00 bits per heavy atom. The molecule has 3 heteroatoms. The molecule has 0 heterocycles. The molecule has 1 aromatic rings. The molecule has 0 amide bonds. The van der Waals surface area contributed by atoms with E-state index in [0.717, 1.165) is 31.5 Å². The molecule has 0 aliphatic rings. The summed E-state index contributed by atoms with van der Waals surface area (Å²) < 4.78 is 0. The Morgan fingerprint density at radius 2 is 2.31 bits per heavy atom. The van der Waals surface area contributed by atoms with Crippen molar-refractivity contribution in [2.45, 2.75) is 32.4 Å². The smallest absolute Gasteiger partial charge is 0.0991 e. The molecule has 1 unspecified atom stereocenters. The van der Waals surface area contributed by atoms with E-state index in [1.165, 1.54) is 0 Å². The van der Waals surface area contributed by atoms with Crippen LogP contribution in [0.5, 0.6) is 0 Å². The van der Waals surface area contributed by atoms with Gasteiger partial charge in [-0.1, -0.05) is 19.1 Å². The molecule has 16 heavy (non-hydrogen) atoms. The Hall–Kier alpha value is -1.37. The average Bonchev–Trinajstić information content (AvgIpc) is 2.34. The quantitative estimate of drug-likeness (QED) is 0.716. The number of aliphatic hydroxyl groups is 1. The highest BCUT2D eigenvalue weighted by molar-refractivity contribution is 5.32. The van der Waals surface area contributed by atoms with Crippen molar-refractivity contribution in [2.24, 2.45) is 0 Å². The molecule has 0 saturated heterocycles. The van der Waals surface area contributed by atoms with E-state index in [4.69, 9.17) is 5.26 Å². The van der Waals surface area contributed by atoms with E-state index in [9.17, 15) is 5.11 Å². The van der Waals surface area contributed by atoms with E-state index < -0.39 is 0 Å². The molecule has 1 aromatic carbocycles. The van der Waals surface area contributed by atoms with Crippen molar-refractivity contribution in [3.63, 3.8) is 0 Å². The van der Waals surface area contributed by atoms with Gasteiger partial charge in [0.2, 0.25) is 0 Å². The molecular weight excluding hydrogens is 200 g/mol. The maximum atomic E-state index is 9.35. The number of hydrogen-bond acceptors (Lipinski definition) is 3. The first-order chi connectivity index (χ1) is 7.76. The summed E-state index contributed by atoms with van der Waals surface area (Å²) in [5.74, 6) is 0. The van der Waals surface area contributed by atoms with Crippen LogP contribution in [-0.4, -0.2) is 17.8 Å². The molecule has 0 bridgehead atoms. The van der Waals surface area contributed by atoms with Gasteiger partial charge in [-0.25, -0.2) is 0 Å². The minimum Gasteiger partial charge on any atom is -0.393 e. The van der Waals surface area contributed by atoms with Gasteiger partial charge in [-0.2, -0.15) is 5.26 Å². The predicted octanol–water partition coefficient (Wildman–Crippen LogP) is 1.81. The maximum absolute atomic E-state index is 9.35. The predicted molar refractivity (Wildman–Crippen MR) is 63.8 cm³/mol. The first-order valence-corrected chi connectivity index (χ1v) is 5.64. The molecule has 1 atom stereocenters. The minimum atomic E-state index is -0.210. The van der Waals surface area contributed by atoms with E-state index in [2.05, 4.69) is 11.4 Å². The monoisotopic (exact) mass is 218 g/mol. The molecule has 1 rings (SSSR count). The lowest BCUT2D eigenvalue weighted by Crippen LogP contribution is -2.19. The summed E-state index contributed by atoms with van der Waals surface area (Å²) in [6.07, 6.45) is 1.36. The van der Waals surface area contributed by atoms with Gasteiger partial charge in [0.05, 0.1) is 17.7 Å². The third-order valence-corrected chi connectivity index (χ3v) is 2.51. The number of benzene rings is 1. The summed E-state index contributed by atoms with van der Waals surface area (Å²) >= 11 is 0. The van der Waals surface area contributed by atoms with Crippen LogP contribution in [0.2, 0.25) is 0 Å². The first kappa shape index (κ1) is 12.7. The number of nitrogens with one attached hydrogen (secondary N) is 1. The SMILES string of the molecule is CCC(O)CCNCc1cccc(C#N)c1. The van der Waals surface area contributed by atoms with Gasteiger partial charge in [0.1, 0.15) is 0 Å². The zero-order chi connectivity index (χ0) is 11.8. The Bertz CT molecular complexity index is 357. The Balaban J connectivity index is 2.29. The standard InChI is InChI=1S/C13H18N2O/c1-2-13(16)6-7-15-10-12-5-3-4-11(8-12)9-14/h3-5,8,13,15-16H,2,6-7,10H2,1H3. The molecule has 0 aliphatic heterocycles. The van der Waals surface area contributed by atoms with Crippen LogP contribution < -0.4 is 5.32 Å². The minimum absolute atomic E-state index is 0.210. The second-order valence-corrected chi connectivity index (χ2v) is 3.84. The van der Waals surface area contributed by atoms with Gasteiger partial charge in [-0.3, -0.25) is 0 Å². The number of nitriles is 1. The van der Waals surface area contributed by atoms with Crippen LogP contribution in [-0.2, 0) is 6.54 Å². The topological polar surface area (TPSA) is 56.0 Å². The molecule has 0 radical (unpaired) electrons. The van der Waals surface area contributed by atoms with Gasteiger partial charge >= 0.3 is 0 Å². The van der Waals surface area contributed by atoms with Crippen LogP contribution in [0.3, 0.4) is 0 Å². The highest BCUT2D eigenvalue weighted by atomic mass is 16.3. The summed E-state index contributed by atoms with van der Waals surface area (Å²) in [6, 6.07) is 9.67. The van der Waals surface area contributed by atoms with E-state index in [0.29, 0.717) is 5.56 Å². The second kappa shape index (κ2) is 7.00. The largest absolute Gasteiger partial charge is 0.393 e. The molecule has 0 saturated carbocycles. The fraction of sp³-hybridized carbons (Fsp3) is 0.462.